The summed E-state index contributed by atoms with van der Waals surface area (Å²) in [6, 6.07) is 16.9. The molecular formula is C27H29N3O5S. The van der Waals surface area contributed by atoms with Crippen molar-refractivity contribution < 1.29 is 19.0 Å². The predicted octanol–water partition coefficient (Wildman–Crippen LogP) is 5.27. The molecule has 0 aliphatic heterocycles. The van der Waals surface area contributed by atoms with Crippen molar-refractivity contribution >= 4 is 34.4 Å². The van der Waals surface area contributed by atoms with Gasteiger partial charge >= 0.3 is 5.69 Å². The number of anilines is 1. The molecule has 0 aliphatic rings. The van der Waals surface area contributed by atoms with Gasteiger partial charge in [-0.25, -0.2) is 4.79 Å². The molecule has 1 heterocycles. The Morgan fingerprint density at radius 2 is 1.44 bits per heavy atom. The van der Waals surface area contributed by atoms with Crippen LogP contribution in [0, 0.1) is 0 Å². The van der Waals surface area contributed by atoms with Crippen LogP contribution in [0.25, 0.3) is 11.0 Å². The highest BCUT2D eigenvalue weighted by atomic mass is 32.2. The fourth-order valence-corrected chi connectivity index (χ4v) is 5.09. The molecule has 0 fully saturated rings. The van der Waals surface area contributed by atoms with Gasteiger partial charge in [-0.15, -0.1) is 0 Å². The number of imidazole rings is 1. The van der Waals surface area contributed by atoms with E-state index in [1.807, 2.05) is 56.3 Å². The minimum atomic E-state index is -0.344. The highest BCUT2D eigenvalue weighted by molar-refractivity contribution is 7.99. The van der Waals surface area contributed by atoms with Crippen molar-refractivity contribution in [3.05, 3.63) is 70.6 Å². The van der Waals surface area contributed by atoms with Crippen LogP contribution in [-0.2, 0) is 13.1 Å². The first-order chi connectivity index (χ1) is 17.4. The lowest BCUT2D eigenvalue weighted by Gasteiger charge is -2.16. The Balaban J connectivity index is 1.84. The van der Waals surface area contributed by atoms with Crippen molar-refractivity contribution in [1.82, 2.24) is 9.13 Å². The van der Waals surface area contributed by atoms with Gasteiger partial charge in [0, 0.05) is 28.4 Å². The molecular weight excluding hydrogens is 478 g/mol. The summed E-state index contributed by atoms with van der Waals surface area (Å²) in [6.07, 6.45) is 0. The van der Waals surface area contributed by atoms with Crippen molar-refractivity contribution in [1.29, 1.82) is 0 Å². The second-order valence-corrected chi connectivity index (χ2v) is 9.01. The molecule has 0 atom stereocenters. The molecule has 0 unspecified atom stereocenters. The van der Waals surface area contributed by atoms with E-state index in [1.54, 1.807) is 21.3 Å². The molecule has 0 aliphatic carbocycles. The van der Waals surface area contributed by atoms with E-state index in [2.05, 4.69) is 5.32 Å². The van der Waals surface area contributed by atoms with Crippen molar-refractivity contribution in [2.75, 3.05) is 26.6 Å². The summed E-state index contributed by atoms with van der Waals surface area (Å²) in [4.78, 5) is 28.2. The van der Waals surface area contributed by atoms with E-state index in [-0.39, 0.29) is 11.6 Å². The second kappa shape index (κ2) is 10.8. The van der Waals surface area contributed by atoms with Crippen LogP contribution in [0.2, 0.25) is 0 Å². The summed E-state index contributed by atoms with van der Waals surface area (Å²) in [7, 11) is 4.52. The minimum Gasteiger partial charge on any atom is -0.493 e. The van der Waals surface area contributed by atoms with E-state index in [4.69, 9.17) is 14.2 Å². The largest absolute Gasteiger partial charge is 0.493 e. The molecule has 3 aromatic carbocycles. The van der Waals surface area contributed by atoms with Gasteiger partial charge < -0.3 is 19.5 Å². The molecule has 0 saturated carbocycles. The first-order valence-electron chi connectivity index (χ1n) is 11.6. The molecule has 188 valence electrons. The van der Waals surface area contributed by atoms with Gasteiger partial charge in [-0.2, -0.15) is 0 Å². The van der Waals surface area contributed by atoms with E-state index in [0.717, 1.165) is 20.8 Å². The number of hydrogen-bond acceptors (Lipinski definition) is 6. The average Bonchev–Trinajstić information content (AvgIpc) is 3.17. The quantitative estimate of drug-likeness (QED) is 0.332. The maximum Gasteiger partial charge on any atom is 0.329 e. The Kier molecular flexibility index (Phi) is 7.59. The zero-order valence-electron chi connectivity index (χ0n) is 21.0. The maximum absolute atomic E-state index is 13.4. The standard InChI is InChI=1S/C27H29N3O5S/c1-6-29-20-15-19(28-26(31)17-13-22(33-3)25(35-5)23(14-17)34-4)24(36-18-11-9-8-10-12-18)16-21(20)30(7-2)27(29)32/h8-16H,6-7H2,1-5H3,(H,28,31). The molecule has 1 amide bonds. The van der Waals surface area contributed by atoms with Gasteiger partial charge in [-0.05, 0) is 50.2 Å². The Bertz CT molecular complexity index is 1440. The summed E-state index contributed by atoms with van der Waals surface area (Å²) in [5, 5.41) is 3.04. The predicted molar refractivity (Wildman–Crippen MR) is 142 cm³/mol. The van der Waals surface area contributed by atoms with Gasteiger partial charge in [0.25, 0.3) is 5.91 Å². The van der Waals surface area contributed by atoms with Crippen LogP contribution in [0.1, 0.15) is 24.2 Å². The van der Waals surface area contributed by atoms with Gasteiger partial charge in [-0.3, -0.25) is 13.9 Å². The molecule has 0 radical (unpaired) electrons. The van der Waals surface area contributed by atoms with Crippen molar-refractivity contribution in [2.45, 2.75) is 36.7 Å². The number of methoxy groups -OCH3 is 3. The third-order valence-corrected chi connectivity index (χ3v) is 6.96. The number of aromatic nitrogens is 2. The SMILES string of the molecule is CCn1c(=O)n(CC)c2cc(Sc3ccccc3)c(NC(=O)c3cc(OC)c(OC)c(OC)c3)cc21. The average molecular weight is 508 g/mol. The number of fused-ring (bicyclic) bond motifs is 1. The Morgan fingerprint density at radius 3 is 1.97 bits per heavy atom. The molecule has 4 aromatic rings. The van der Waals surface area contributed by atoms with Crippen molar-refractivity contribution in [3.8, 4) is 17.2 Å². The fraction of sp³-hybridized carbons (Fsp3) is 0.259. The fourth-order valence-electron chi connectivity index (χ4n) is 4.16. The molecule has 9 heteroatoms. The number of carbonyl (C=O) groups excluding carboxylic acids is 1. The first kappa shape index (κ1) is 25.2. The molecule has 0 saturated heterocycles. The topological polar surface area (TPSA) is 83.7 Å². The highest BCUT2D eigenvalue weighted by Gasteiger charge is 2.20. The van der Waals surface area contributed by atoms with Crippen LogP contribution in [0.4, 0.5) is 5.69 Å². The Hall–Kier alpha value is -3.85. The maximum atomic E-state index is 13.4. The molecule has 1 aromatic heterocycles. The van der Waals surface area contributed by atoms with Crippen molar-refractivity contribution in [2.24, 2.45) is 0 Å². The van der Waals surface area contributed by atoms with Crippen LogP contribution in [0.5, 0.6) is 17.2 Å². The van der Waals surface area contributed by atoms with Crippen LogP contribution >= 0.6 is 11.8 Å². The lowest BCUT2D eigenvalue weighted by Crippen LogP contribution is -2.23. The summed E-state index contributed by atoms with van der Waals surface area (Å²) < 4.78 is 19.7. The first-order valence-corrected chi connectivity index (χ1v) is 12.4. The van der Waals surface area contributed by atoms with E-state index in [1.165, 1.54) is 33.1 Å². The van der Waals surface area contributed by atoms with Crippen LogP contribution < -0.4 is 25.2 Å². The number of nitrogens with one attached hydrogen (secondary N) is 1. The zero-order chi connectivity index (χ0) is 25.8. The van der Waals surface area contributed by atoms with Gasteiger partial charge in [0.15, 0.2) is 11.5 Å². The molecule has 8 nitrogen and oxygen atoms in total. The van der Waals surface area contributed by atoms with E-state index in [0.29, 0.717) is 41.6 Å². The van der Waals surface area contributed by atoms with Gasteiger partial charge in [-0.1, -0.05) is 30.0 Å². The summed E-state index contributed by atoms with van der Waals surface area (Å²) in [5.74, 6) is 0.836. The zero-order valence-corrected chi connectivity index (χ0v) is 21.8. The third-order valence-electron chi connectivity index (χ3n) is 5.90. The number of carbonyl (C=O) groups is 1. The van der Waals surface area contributed by atoms with Gasteiger partial charge in [0.05, 0.1) is 38.1 Å². The number of rotatable bonds is 9. The molecule has 1 N–H and O–H groups in total. The van der Waals surface area contributed by atoms with Gasteiger partial charge in [0.2, 0.25) is 5.75 Å². The smallest absolute Gasteiger partial charge is 0.329 e. The lowest BCUT2D eigenvalue weighted by molar-refractivity contribution is 0.102. The molecule has 36 heavy (non-hydrogen) atoms. The van der Waals surface area contributed by atoms with E-state index >= 15 is 0 Å². The van der Waals surface area contributed by atoms with Crippen LogP contribution in [-0.4, -0.2) is 36.4 Å². The summed E-state index contributed by atoms with van der Waals surface area (Å²) >= 11 is 1.52. The summed E-state index contributed by atoms with van der Waals surface area (Å²) in [5.41, 5.74) is 2.47. The number of ether oxygens (including phenoxy) is 3. The Labute approximate surface area is 213 Å². The number of aryl methyl sites for hydroxylation is 2. The monoisotopic (exact) mass is 507 g/mol. The third kappa shape index (κ3) is 4.66. The number of benzene rings is 3. The van der Waals surface area contributed by atoms with Crippen LogP contribution in [0.15, 0.2) is 69.2 Å². The van der Waals surface area contributed by atoms with E-state index in [9.17, 15) is 9.59 Å². The number of amides is 1. The molecule has 0 spiro atoms. The normalized spacial score (nSPS) is 10.9. The molecule has 0 bridgehead atoms. The number of hydrogen-bond donors (Lipinski definition) is 1. The molecule has 4 rings (SSSR count). The highest BCUT2D eigenvalue weighted by Crippen LogP contribution is 2.40. The van der Waals surface area contributed by atoms with Crippen molar-refractivity contribution in [3.63, 3.8) is 0 Å². The lowest BCUT2D eigenvalue weighted by atomic mass is 10.1. The van der Waals surface area contributed by atoms with Crippen LogP contribution in [0.3, 0.4) is 0 Å². The Morgan fingerprint density at radius 1 is 0.861 bits per heavy atom. The number of nitrogens with zero attached hydrogens (tertiary/aromatic N) is 2. The van der Waals surface area contributed by atoms with E-state index < -0.39 is 0 Å². The van der Waals surface area contributed by atoms with Gasteiger partial charge in [0.1, 0.15) is 0 Å². The minimum absolute atomic E-state index is 0.0706. The second-order valence-electron chi connectivity index (χ2n) is 7.89. The summed E-state index contributed by atoms with van der Waals surface area (Å²) in [6.45, 7) is 4.95.